The van der Waals surface area contributed by atoms with Gasteiger partial charge in [0.1, 0.15) is 0 Å². The van der Waals surface area contributed by atoms with Crippen molar-refractivity contribution in [2.45, 2.75) is 19.3 Å². The van der Waals surface area contributed by atoms with Gasteiger partial charge < -0.3 is 16.8 Å². The number of anilines is 1. The van der Waals surface area contributed by atoms with Gasteiger partial charge in [0.15, 0.2) is 0 Å². The number of allylic oxidation sites excluding steroid dienone is 5. The summed E-state index contributed by atoms with van der Waals surface area (Å²) in [5, 5.41) is 3.17. The van der Waals surface area contributed by atoms with E-state index in [-0.39, 0.29) is 0 Å². The van der Waals surface area contributed by atoms with Gasteiger partial charge in [-0.2, -0.15) is 0 Å². The van der Waals surface area contributed by atoms with E-state index in [0.29, 0.717) is 11.4 Å². The second kappa shape index (κ2) is 7.36. The summed E-state index contributed by atoms with van der Waals surface area (Å²) < 4.78 is 0. The number of rotatable bonds is 7. The molecule has 0 heterocycles. The second-order valence-electron chi connectivity index (χ2n) is 5.32. The van der Waals surface area contributed by atoms with Crippen LogP contribution < -0.4 is 16.8 Å². The Kier molecular flexibility index (Phi) is 5.81. The molecule has 1 aromatic rings. The van der Waals surface area contributed by atoms with E-state index >= 15 is 0 Å². The Hall–Kier alpha value is -2.68. The molecule has 0 radical (unpaired) electrons. The van der Waals surface area contributed by atoms with E-state index in [9.17, 15) is 0 Å². The molecule has 0 saturated heterocycles. The lowest BCUT2D eigenvalue weighted by Gasteiger charge is -2.31. The number of hydrogen-bond donors (Lipinski definition) is 3. The molecule has 116 valence electrons. The Balaban J connectivity index is 3.36. The molecule has 3 nitrogen and oxygen atoms in total. The van der Waals surface area contributed by atoms with Gasteiger partial charge in [-0.3, -0.25) is 0 Å². The van der Waals surface area contributed by atoms with E-state index < -0.39 is 5.41 Å². The molecule has 1 rings (SSSR count). The fourth-order valence-electron chi connectivity index (χ4n) is 2.22. The van der Waals surface area contributed by atoms with Crippen LogP contribution >= 0.6 is 0 Å². The summed E-state index contributed by atoms with van der Waals surface area (Å²) in [6, 6.07) is 7.95. The minimum Gasteiger partial charge on any atom is -0.401 e. The van der Waals surface area contributed by atoms with Crippen molar-refractivity contribution in [3.63, 3.8) is 0 Å². The molecule has 0 unspecified atom stereocenters. The highest BCUT2D eigenvalue weighted by atomic mass is 14.9. The van der Waals surface area contributed by atoms with Gasteiger partial charge in [-0.1, -0.05) is 44.0 Å². The molecule has 0 fully saturated rings. The van der Waals surface area contributed by atoms with Crippen LogP contribution in [0.5, 0.6) is 0 Å². The van der Waals surface area contributed by atoms with E-state index in [2.05, 4.69) is 25.1 Å². The lowest BCUT2D eigenvalue weighted by molar-refractivity contribution is 0.639. The number of hydrogen-bond acceptors (Lipinski definition) is 3. The third kappa shape index (κ3) is 3.70. The molecule has 0 amide bonds. The lowest BCUT2D eigenvalue weighted by Crippen LogP contribution is -2.35. The number of nitrogens with one attached hydrogen (secondary N) is 1. The van der Waals surface area contributed by atoms with Crippen molar-refractivity contribution in [2.24, 2.45) is 11.5 Å². The van der Waals surface area contributed by atoms with Gasteiger partial charge in [0, 0.05) is 22.8 Å². The largest absolute Gasteiger partial charge is 0.401 e. The van der Waals surface area contributed by atoms with Crippen LogP contribution in [0.4, 0.5) is 5.69 Å². The first kappa shape index (κ1) is 17.4. The number of nitrogens with two attached hydrogens (primary N) is 2. The summed E-state index contributed by atoms with van der Waals surface area (Å²) in [6.45, 7) is 15.1. The quantitative estimate of drug-likeness (QED) is 0.667. The first-order chi connectivity index (χ1) is 10.4. The van der Waals surface area contributed by atoms with Crippen molar-refractivity contribution in [2.75, 3.05) is 5.32 Å². The van der Waals surface area contributed by atoms with Crippen molar-refractivity contribution >= 4 is 5.69 Å². The molecule has 0 bridgehead atoms. The Morgan fingerprint density at radius 1 is 1.05 bits per heavy atom. The van der Waals surface area contributed by atoms with E-state index in [1.807, 2.05) is 38.1 Å². The molecule has 0 aromatic heterocycles. The average molecular weight is 295 g/mol. The van der Waals surface area contributed by atoms with E-state index in [4.69, 9.17) is 11.5 Å². The minimum absolute atomic E-state index is 0.621. The van der Waals surface area contributed by atoms with Gasteiger partial charge in [-0.15, -0.1) is 0 Å². The first-order valence-corrected chi connectivity index (χ1v) is 7.06. The Morgan fingerprint density at radius 2 is 1.50 bits per heavy atom. The molecule has 0 aliphatic carbocycles. The van der Waals surface area contributed by atoms with Crippen LogP contribution in [0.1, 0.15) is 19.4 Å². The molecular weight excluding hydrogens is 270 g/mol. The lowest BCUT2D eigenvalue weighted by atomic mass is 9.76. The zero-order chi connectivity index (χ0) is 16.8. The zero-order valence-corrected chi connectivity index (χ0v) is 13.4. The van der Waals surface area contributed by atoms with Crippen molar-refractivity contribution in [1.82, 2.24) is 0 Å². The van der Waals surface area contributed by atoms with Crippen LogP contribution in [-0.4, -0.2) is 0 Å². The van der Waals surface area contributed by atoms with Crippen LogP contribution in [-0.2, 0) is 5.41 Å². The van der Waals surface area contributed by atoms with Gasteiger partial charge in [-0.05, 0) is 43.7 Å². The van der Waals surface area contributed by atoms with Crippen LogP contribution in [0.2, 0.25) is 0 Å². The van der Waals surface area contributed by atoms with Crippen molar-refractivity contribution in [3.05, 3.63) is 91.0 Å². The fourth-order valence-corrected chi connectivity index (χ4v) is 2.22. The summed E-state index contributed by atoms with van der Waals surface area (Å²) in [6.07, 6.45) is 6.85. The van der Waals surface area contributed by atoms with E-state index in [1.54, 1.807) is 24.3 Å². The van der Waals surface area contributed by atoms with Gasteiger partial charge in [0.2, 0.25) is 0 Å². The molecule has 22 heavy (non-hydrogen) atoms. The van der Waals surface area contributed by atoms with E-state index in [1.165, 1.54) is 0 Å². The van der Waals surface area contributed by atoms with Crippen molar-refractivity contribution in [1.29, 1.82) is 0 Å². The van der Waals surface area contributed by atoms with Gasteiger partial charge in [0.25, 0.3) is 0 Å². The molecule has 0 atom stereocenters. The molecule has 0 aliphatic rings. The summed E-state index contributed by atoms with van der Waals surface area (Å²) in [4.78, 5) is 0. The minimum atomic E-state index is -0.621. The molecule has 0 spiro atoms. The molecule has 1 aromatic carbocycles. The Bertz CT molecular complexity index is 595. The zero-order valence-electron chi connectivity index (χ0n) is 13.4. The molecule has 5 N–H and O–H groups in total. The smallest absolute Gasteiger partial charge is 0.0712 e. The maximum atomic E-state index is 6.25. The summed E-state index contributed by atoms with van der Waals surface area (Å²) in [5.41, 5.74) is 16.0. The van der Waals surface area contributed by atoms with E-state index in [0.717, 1.165) is 16.9 Å². The standard InChI is InChI=1S/C19H25N3/c1-6-8-17(20)19(5,18(21)9-7-2)15-10-12-16(13-11-15)22-14(3)4/h6-13,22H,1-3,20-21H2,4-5H3/b17-8-,18-9-. The predicted octanol–water partition coefficient (Wildman–Crippen LogP) is 3.95. The monoisotopic (exact) mass is 295 g/mol. The summed E-state index contributed by atoms with van der Waals surface area (Å²) in [5.74, 6) is 0. The highest BCUT2D eigenvalue weighted by Gasteiger charge is 2.32. The molecular formula is C19H25N3. The topological polar surface area (TPSA) is 64.1 Å². The van der Waals surface area contributed by atoms with Crippen LogP contribution in [0.15, 0.2) is 85.4 Å². The average Bonchev–Trinajstić information content (AvgIpc) is 2.47. The predicted molar refractivity (Wildman–Crippen MR) is 97.2 cm³/mol. The maximum absolute atomic E-state index is 6.25. The van der Waals surface area contributed by atoms with Crippen molar-refractivity contribution in [3.8, 4) is 0 Å². The normalized spacial score (nSPS) is 14.8. The fraction of sp³-hybridized carbons (Fsp3) is 0.158. The Morgan fingerprint density at radius 3 is 1.86 bits per heavy atom. The van der Waals surface area contributed by atoms with Crippen LogP contribution in [0, 0.1) is 0 Å². The van der Waals surface area contributed by atoms with Gasteiger partial charge in [0.05, 0.1) is 5.41 Å². The SMILES string of the molecule is C=C/C=C(\N)C(C)(/C(N)=C/C=C)c1ccc(NC(=C)C)cc1. The maximum Gasteiger partial charge on any atom is 0.0712 e. The summed E-state index contributed by atoms with van der Waals surface area (Å²) >= 11 is 0. The molecule has 0 aliphatic heterocycles. The highest BCUT2D eigenvalue weighted by Crippen LogP contribution is 2.35. The summed E-state index contributed by atoms with van der Waals surface area (Å²) in [7, 11) is 0. The van der Waals surface area contributed by atoms with Crippen LogP contribution in [0.3, 0.4) is 0 Å². The second-order valence-corrected chi connectivity index (χ2v) is 5.32. The van der Waals surface area contributed by atoms with Gasteiger partial charge in [-0.25, -0.2) is 0 Å². The van der Waals surface area contributed by atoms with Crippen molar-refractivity contribution < 1.29 is 0 Å². The van der Waals surface area contributed by atoms with Gasteiger partial charge >= 0.3 is 0 Å². The third-order valence-electron chi connectivity index (χ3n) is 3.57. The first-order valence-electron chi connectivity index (χ1n) is 7.06. The molecule has 3 heteroatoms. The highest BCUT2D eigenvalue weighted by molar-refractivity contribution is 5.53. The third-order valence-corrected chi connectivity index (χ3v) is 3.57. The molecule has 0 saturated carbocycles. The number of benzene rings is 1. The van der Waals surface area contributed by atoms with Crippen LogP contribution in [0.25, 0.3) is 0 Å². The Labute approximate surface area is 133 Å².